The molecule has 0 unspecified atom stereocenters. The topological polar surface area (TPSA) is 29.3 Å². The molecule has 1 saturated heterocycles. The van der Waals surface area contributed by atoms with Crippen LogP contribution in [-0.4, -0.2) is 24.5 Å². The summed E-state index contributed by atoms with van der Waals surface area (Å²) in [5.41, 5.74) is 10.4. The van der Waals surface area contributed by atoms with Gasteiger partial charge in [-0.15, -0.1) is 0 Å². The monoisotopic (exact) mass is 246 g/mol. The number of benzene rings is 1. The molecule has 1 fully saturated rings. The van der Waals surface area contributed by atoms with Gasteiger partial charge in [-0.3, -0.25) is 4.90 Å². The van der Waals surface area contributed by atoms with Crippen molar-refractivity contribution in [1.82, 2.24) is 4.90 Å². The van der Waals surface area contributed by atoms with Crippen LogP contribution in [-0.2, 0) is 6.54 Å². The van der Waals surface area contributed by atoms with Crippen LogP contribution in [0.5, 0.6) is 0 Å². The lowest BCUT2D eigenvalue weighted by molar-refractivity contribution is 0.119. The number of likely N-dealkylation sites (tertiary alicyclic amines) is 1. The van der Waals surface area contributed by atoms with Crippen LogP contribution in [0.1, 0.15) is 36.5 Å². The maximum atomic E-state index is 5.86. The molecule has 1 heterocycles. The Hall–Kier alpha value is -0.860. The van der Waals surface area contributed by atoms with Crippen LogP contribution in [0.15, 0.2) is 18.2 Å². The summed E-state index contributed by atoms with van der Waals surface area (Å²) < 4.78 is 0. The van der Waals surface area contributed by atoms with Crippen molar-refractivity contribution in [2.45, 2.75) is 40.2 Å². The molecule has 1 aromatic rings. The molecule has 2 rings (SSSR count). The van der Waals surface area contributed by atoms with Crippen molar-refractivity contribution in [2.24, 2.45) is 11.1 Å². The van der Waals surface area contributed by atoms with Crippen LogP contribution in [0, 0.1) is 19.3 Å². The number of piperidine rings is 1. The lowest BCUT2D eigenvalue weighted by Crippen LogP contribution is -2.41. The highest BCUT2D eigenvalue weighted by Crippen LogP contribution is 2.30. The first-order valence-electron chi connectivity index (χ1n) is 7.00. The minimum absolute atomic E-state index is 0.374. The highest BCUT2D eigenvalue weighted by atomic mass is 15.1. The fourth-order valence-corrected chi connectivity index (χ4v) is 2.87. The maximum Gasteiger partial charge on any atom is 0.0233 e. The minimum atomic E-state index is 0.374. The molecule has 0 bridgehead atoms. The third kappa shape index (κ3) is 3.33. The van der Waals surface area contributed by atoms with Gasteiger partial charge in [0, 0.05) is 6.54 Å². The normalized spacial score (nSPS) is 20.0. The average Bonchev–Trinajstić information content (AvgIpc) is 2.31. The summed E-state index contributed by atoms with van der Waals surface area (Å²) in [4.78, 5) is 2.56. The van der Waals surface area contributed by atoms with Crippen molar-refractivity contribution in [3.05, 3.63) is 34.9 Å². The van der Waals surface area contributed by atoms with Gasteiger partial charge in [0.2, 0.25) is 0 Å². The van der Waals surface area contributed by atoms with E-state index in [1.54, 1.807) is 0 Å². The van der Waals surface area contributed by atoms with E-state index in [9.17, 15) is 0 Å². The van der Waals surface area contributed by atoms with Gasteiger partial charge in [-0.25, -0.2) is 0 Å². The lowest BCUT2D eigenvalue weighted by Gasteiger charge is -2.38. The number of hydrogen-bond acceptors (Lipinski definition) is 2. The molecular formula is C16H26N2. The van der Waals surface area contributed by atoms with Gasteiger partial charge in [-0.2, -0.15) is 0 Å². The molecule has 1 aliphatic heterocycles. The summed E-state index contributed by atoms with van der Waals surface area (Å²) in [6, 6.07) is 6.86. The fraction of sp³-hybridized carbons (Fsp3) is 0.625. The summed E-state index contributed by atoms with van der Waals surface area (Å²) in [6.45, 7) is 11.0. The first-order chi connectivity index (χ1) is 8.50. The summed E-state index contributed by atoms with van der Waals surface area (Å²) in [5, 5.41) is 0. The molecule has 2 heteroatoms. The zero-order chi connectivity index (χ0) is 13.2. The molecule has 0 atom stereocenters. The molecule has 0 amide bonds. The summed E-state index contributed by atoms with van der Waals surface area (Å²) in [6.07, 6.45) is 2.46. The molecule has 0 spiro atoms. The van der Waals surface area contributed by atoms with Crippen molar-refractivity contribution in [2.75, 3.05) is 19.6 Å². The lowest BCUT2D eigenvalue weighted by atomic mass is 9.80. The molecule has 100 valence electrons. The number of nitrogens with zero attached hydrogens (tertiary/aromatic N) is 1. The standard InChI is InChI=1S/C16H26N2/c1-13-8-14(2)10-15(9-13)11-18-6-4-16(3,12-17)5-7-18/h8-10H,4-7,11-12,17H2,1-3H3. The Morgan fingerprint density at radius 2 is 1.67 bits per heavy atom. The van der Waals surface area contributed by atoms with Gasteiger partial charge in [-0.05, 0) is 57.3 Å². The van der Waals surface area contributed by atoms with Crippen LogP contribution in [0.4, 0.5) is 0 Å². The van der Waals surface area contributed by atoms with E-state index in [2.05, 4.69) is 43.9 Å². The Morgan fingerprint density at radius 3 is 2.17 bits per heavy atom. The van der Waals surface area contributed by atoms with Gasteiger partial charge in [0.1, 0.15) is 0 Å². The quantitative estimate of drug-likeness (QED) is 0.888. The SMILES string of the molecule is Cc1cc(C)cc(CN2CCC(C)(CN)CC2)c1. The number of aryl methyl sites for hydroxylation is 2. The van der Waals surface area contributed by atoms with Gasteiger partial charge in [-0.1, -0.05) is 36.2 Å². The predicted molar refractivity (Wildman–Crippen MR) is 77.6 cm³/mol. The first kappa shape index (κ1) is 13.6. The number of rotatable bonds is 3. The van der Waals surface area contributed by atoms with E-state index >= 15 is 0 Å². The van der Waals surface area contributed by atoms with E-state index < -0.39 is 0 Å². The van der Waals surface area contributed by atoms with Crippen molar-refractivity contribution in [3.8, 4) is 0 Å². The molecule has 0 aliphatic carbocycles. The average molecular weight is 246 g/mol. The first-order valence-corrected chi connectivity index (χ1v) is 7.00. The van der Waals surface area contributed by atoms with Gasteiger partial charge >= 0.3 is 0 Å². The molecule has 1 aromatic carbocycles. The van der Waals surface area contributed by atoms with Crippen molar-refractivity contribution in [1.29, 1.82) is 0 Å². The molecule has 1 aliphatic rings. The van der Waals surface area contributed by atoms with E-state index in [1.807, 2.05) is 0 Å². The third-order valence-electron chi connectivity index (χ3n) is 4.24. The molecule has 0 radical (unpaired) electrons. The Balaban J connectivity index is 1.95. The molecule has 0 saturated carbocycles. The van der Waals surface area contributed by atoms with E-state index in [1.165, 1.54) is 42.6 Å². The minimum Gasteiger partial charge on any atom is -0.330 e. The van der Waals surface area contributed by atoms with E-state index in [4.69, 9.17) is 5.73 Å². The highest BCUT2D eigenvalue weighted by Gasteiger charge is 2.28. The zero-order valence-electron chi connectivity index (χ0n) is 12.0. The van der Waals surface area contributed by atoms with Gasteiger partial charge in [0.15, 0.2) is 0 Å². The number of hydrogen-bond donors (Lipinski definition) is 1. The Kier molecular flexibility index (Phi) is 4.08. The van der Waals surface area contributed by atoms with Crippen LogP contribution in [0.3, 0.4) is 0 Å². The van der Waals surface area contributed by atoms with Crippen molar-refractivity contribution in [3.63, 3.8) is 0 Å². The van der Waals surface area contributed by atoms with E-state index in [-0.39, 0.29) is 0 Å². The maximum absolute atomic E-state index is 5.86. The van der Waals surface area contributed by atoms with Gasteiger partial charge in [0.25, 0.3) is 0 Å². The summed E-state index contributed by atoms with van der Waals surface area (Å²) >= 11 is 0. The van der Waals surface area contributed by atoms with Gasteiger partial charge < -0.3 is 5.73 Å². The van der Waals surface area contributed by atoms with Crippen LogP contribution in [0.2, 0.25) is 0 Å². The summed E-state index contributed by atoms with van der Waals surface area (Å²) in [7, 11) is 0. The molecule has 18 heavy (non-hydrogen) atoms. The second-order valence-electron chi connectivity index (χ2n) is 6.29. The second kappa shape index (κ2) is 5.41. The largest absolute Gasteiger partial charge is 0.330 e. The molecule has 0 aromatic heterocycles. The van der Waals surface area contributed by atoms with Crippen LogP contribution in [0.25, 0.3) is 0 Å². The Bertz CT molecular complexity index is 383. The van der Waals surface area contributed by atoms with Crippen LogP contribution >= 0.6 is 0 Å². The molecular weight excluding hydrogens is 220 g/mol. The fourth-order valence-electron chi connectivity index (χ4n) is 2.87. The zero-order valence-corrected chi connectivity index (χ0v) is 12.0. The predicted octanol–water partition coefficient (Wildman–Crippen LogP) is 2.86. The van der Waals surface area contributed by atoms with Crippen molar-refractivity contribution >= 4 is 0 Å². The molecule has 2 nitrogen and oxygen atoms in total. The second-order valence-corrected chi connectivity index (χ2v) is 6.29. The number of nitrogens with two attached hydrogens (primary N) is 1. The third-order valence-corrected chi connectivity index (χ3v) is 4.24. The van der Waals surface area contributed by atoms with E-state index in [0.29, 0.717) is 5.41 Å². The van der Waals surface area contributed by atoms with Crippen molar-refractivity contribution < 1.29 is 0 Å². The van der Waals surface area contributed by atoms with E-state index in [0.717, 1.165) is 13.1 Å². The van der Waals surface area contributed by atoms with Gasteiger partial charge in [0.05, 0.1) is 0 Å². The smallest absolute Gasteiger partial charge is 0.0233 e. The Labute approximate surface area is 111 Å². The summed E-state index contributed by atoms with van der Waals surface area (Å²) in [5.74, 6) is 0. The molecule has 2 N–H and O–H groups in total. The van der Waals surface area contributed by atoms with Crippen LogP contribution < -0.4 is 5.73 Å². The Morgan fingerprint density at radius 1 is 1.11 bits per heavy atom. The highest BCUT2D eigenvalue weighted by molar-refractivity contribution is 5.28.